The lowest BCUT2D eigenvalue weighted by Gasteiger charge is -2.38. The summed E-state index contributed by atoms with van der Waals surface area (Å²) < 4.78 is 32.5. The van der Waals surface area contributed by atoms with Crippen LogP contribution in [0.5, 0.6) is 5.75 Å². The SMILES string of the molecule is CC(=O)Nc1cccc(Nc2ncnc(N3CC(Oc4cc(F)ccc4F)C3)n2)c1C. The van der Waals surface area contributed by atoms with Crippen LogP contribution in [0.3, 0.4) is 0 Å². The lowest BCUT2D eigenvalue weighted by atomic mass is 10.1. The number of nitrogens with one attached hydrogen (secondary N) is 2. The molecule has 0 aliphatic carbocycles. The van der Waals surface area contributed by atoms with E-state index in [1.54, 1.807) is 0 Å². The molecule has 0 radical (unpaired) electrons. The minimum atomic E-state index is -0.608. The van der Waals surface area contributed by atoms with Crippen molar-refractivity contribution >= 4 is 29.2 Å². The molecule has 31 heavy (non-hydrogen) atoms. The van der Waals surface area contributed by atoms with Gasteiger partial charge in [-0.3, -0.25) is 4.79 Å². The van der Waals surface area contributed by atoms with Crippen LogP contribution in [0.4, 0.5) is 32.1 Å². The molecule has 0 saturated carbocycles. The maximum atomic E-state index is 13.7. The van der Waals surface area contributed by atoms with E-state index in [1.807, 2.05) is 30.0 Å². The highest BCUT2D eigenvalue weighted by Crippen LogP contribution is 2.27. The molecule has 10 heteroatoms. The van der Waals surface area contributed by atoms with Crippen molar-refractivity contribution in [1.29, 1.82) is 0 Å². The first-order valence-corrected chi connectivity index (χ1v) is 9.59. The Hall–Kier alpha value is -3.82. The summed E-state index contributed by atoms with van der Waals surface area (Å²) in [4.78, 5) is 25.9. The van der Waals surface area contributed by atoms with Gasteiger partial charge < -0.3 is 20.3 Å². The molecule has 2 heterocycles. The topological polar surface area (TPSA) is 92.3 Å². The van der Waals surface area contributed by atoms with Gasteiger partial charge in [0.15, 0.2) is 11.6 Å². The summed E-state index contributed by atoms with van der Waals surface area (Å²) in [6, 6.07) is 8.58. The molecule has 8 nitrogen and oxygen atoms in total. The van der Waals surface area contributed by atoms with E-state index >= 15 is 0 Å². The van der Waals surface area contributed by atoms with Crippen LogP contribution in [0.15, 0.2) is 42.7 Å². The summed E-state index contributed by atoms with van der Waals surface area (Å²) in [5.74, 6) is -0.657. The standard InChI is InChI=1S/C21H20F2N6O2/c1-12-17(26-13(2)30)4-3-5-18(12)27-20-24-11-25-21(28-20)29-9-15(10-29)31-19-8-14(22)6-7-16(19)23/h3-8,11,15H,9-10H2,1-2H3,(H,26,30)(H,24,25,27,28). The van der Waals surface area contributed by atoms with Crippen molar-refractivity contribution in [2.24, 2.45) is 0 Å². The van der Waals surface area contributed by atoms with Gasteiger partial charge >= 0.3 is 0 Å². The average molecular weight is 426 g/mol. The molecule has 1 aliphatic heterocycles. The Morgan fingerprint density at radius 2 is 1.94 bits per heavy atom. The van der Waals surface area contributed by atoms with Crippen LogP contribution in [0.2, 0.25) is 0 Å². The highest BCUT2D eigenvalue weighted by atomic mass is 19.1. The van der Waals surface area contributed by atoms with E-state index < -0.39 is 11.6 Å². The van der Waals surface area contributed by atoms with Gasteiger partial charge in [-0.05, 0) is 36.8 Å². The van der Waals surface area contributed by atoms with E-state index in [0.29, 0.717) is 30.7 Å². The summed E-state index contributed by atoms with van der Waals surface area (Å²) in [6.45, 7) is 4.18. The molecule has 0 bridgehead atoms. The number of ether oxygens (including phenoxy) is 1. The molecule has 2 N–H and O–H groups in total. The zero-order chi connectivity index (χ0) is 22.0. The number of carbonyl (C=O) groups is 1. The van der Waals surface area contributed by atoms with E-state index in [0.717, 1.165) is 29.4 Å². The summed E-state index contributed by atoms with van der Waals surface area (Å²) in [7, 11) is 0. The Labute approximate surface area is 177 Å². The highest BCUT2D eigenvalue weighted by Gasteiger charge is 2.31. The van der Waals surface area contributed by atoms with Gasteiger partial charge in [0.25, 0.3) is 0 Å². The Morgan fingerprint density at radius 3 is 2.71 bits per heavy atom. The van der Waals surface area contributed by atoms with Crippen molar-refractivity contribution in [3.8, 4) is 5.75 Å². The predicted octanol–water partition coefficient (Wildman–Crippen LogP) is 3.43. The van der Waals surface area contributed by atoms with Crippen LogP contribution in [-0.4, -0.2) is 40.1 Å². The second-order valence-corrected chi connectivity index (χ2v) is 7.11. The van der Waals surface area contributed by atoms with Gasteiger partial charge in [-0.2, -0.15) is 4.98 Å². The van der Waals surface area contributed by atoms with Crippen molar-refractivity contribution in [3.63, 3.8) is 0 Å². The molecule has 1 fully saturated rings. The lowest BCUT2D eigenvalue weighted by molar-refractivity contribution is -0.114. The van der Waals surface area contributed by atoms with Crippen LogP contribution < -0.4 is 20.3 Å². The molecule has 160 valence electrons. The first-order valence-electron chi connectivity index (χ1n) is 9.59. The number of rotatable bonds is 6. The van der Waals surface area contributed by atoms with Gasteiger partial charge in [0.1, 0.15) is 18.2 Å². The number of hydrogen-bond donors (Lipinski definition) is 2. The molecule has 1 saturated heterocycles. The van der Waals surface area contributed by atoms with Crippen LogP contribution in [-0.2, 0) is 4.79 Å². The third-order valence-electron chi connectivity index (χ3n) is 4.77. The van der Waals surface area contributed by atoms with Crippen LogP contribution in [0.1, 0.15) is 12.5 Å². The van der Waals surface area contributed by atoms with Crippen LogP contribution in [0, 0.1) is 18.6 Å². The quantitative estimate of drug-likeness (QED) is 0.624. The fourth-order valence-corrected chi connectivity index (χ4v) is 3.14. The molecule has 0 spiro atoms. The fourth-order valence-electron chi connectivity index (χ4n) is 3.14. The van der Waals surface area contributed by atoms with Gasteiger partial charge in [-0.1, -0.05) is 6.07 Å². The van der Waals surface area contributed by atoms with Crippen molar-refractivity contribution in [1.82, 2.24) is 15.0 Å². The Kier molecular flexibility index (Phi) is 5.61. The molecule has 1 aromatic heterocycles. The van der Waals surface area contributed by atoms with E-state index in [2.05, 4.69) is 25.6 Å². The second kappa shape index (κ2) is 8.50. The molecule has 0 unspecified atom stereocenters. The van der Waals surface area contributed by atoms with Crippen molar-refractivity contribution in [2.75, 3.05) is 28.6 Å². The van der Waals surface area contributed by atoms with E-state index in [1.165, 1.54) is 13.3 Å². The lowest BCUT2D eigenvalue weighted by Crippen LogP contribution is -2.54. The average Bonchev–Trinajstić information content (AvgIpc) is 2.70. The third-order valence-corrected chi connectivity index (χ3v) is 4.77. The third kappa shape index (κ3) is 4.68. The van der Waals surface area contributed by atoms with Gasteiger partial charge in [0.05, 0.1) is 13.1 Å². The van der Waals surface area contributed by atoms with Gasteiger partial charge in [0.2, 0.25) is 17.8 Å². The molecule has 2 aromatic carbocycles. The summed E-state index contributed by atoms with van der Waals surface area (Å²) in [5.41, 5.74) is 2.28. The minimum Gasteiger partial charge on any atom is -0.484 e. The molecular weight excluding hydrogens is 406 g/mol. The fraction of sp³-hybridized carbons (Fsp3) is 0.238. The number of halogens is 2. The number of aromatic nitrogens is 3. The van der Waals surface area contributed by atoms with Crippen LogP contribution in [0.25, 0.3) is 0 Å². The molecule has 4 rings (SSSR count). The number of nitrogens with zero attached hydrogens (tertiary/aromatic N) is 4. The molecular formula is C21H20F2N6O2. The number of anilines is 4. The number of benzene rings is 2. The molecule has 0 atom stereocenters. The van der Waals surface area contributed by atoms with Gasteiger partial charge in [-0.15, -0.1) is 0 Å². The number of carbonyl (C=O) groups excluding carboxylic acids is 1. The first kappa shape index (κ1) is 20.5. The number of hydrogen-bond acceptors (Lipinski definition) is 7. The molecule has 1 amide bonds. The second-order valence-electron chi connectivity index (χ2n) is 7.11. The van der Waals surface area contributed by atoms with Gasteiger partial charge in [0, 0.05) is 24.4 Å². The molecule has 3 aromatic rings. The largest absolute Gasteiger partial charge is 0.484 e. The molecule has 1 aliphatic rings. The van der Waals surface area contributed by atoms with E-state index in [-0.39, 0.29) is 17.8 Å². The zero-order valence-corrected chi connectivity index (χ0v) is 16.9. The van der Waals surface area contributed by atoms with E-state index in [9.17, 15) is 13.6 Å². The summed E-state index contributed by atoms with van der Waals surface area (Å²) in [5, 5.41) is 5.91. The maximum Gasteiger partial charge on any atom is 0.232 e. The maximum absolute atomic E-state index is 13.7. The van der Waals surface area contributed by atoms with Crippen LogP contribution >= 0.6 is 0 Å². The highest BCUT2D eigenvalue weighted by molar-refractivity contribution is 5.90. The minimum absolute atomic E-state index is 0.114. The van der Waals surface area contributed by atoms with Crippen molar-refractivity contribution in [3.05, 3.63) is 59.9 Å². The summed E-state index contributed by atoms with van der Waals surface area (Å²) >= 11 is 0. The van der Waals surface area contributed by atoms with E-state index in [4.69, 9.17) is 4.74 Å². The van der Waals surface area contributed by atoms with Crippen molar-refractivity contribution < 1.29 is 18.3 Å². The Morgan fingerprint density at radius 1 is 1.16 bits per heavy atom. The summed E-state index contributed by atoms with van der Waals surface area (Å²) in [6.07, 6.45) is 1.08. The first-order chi connectivity index (χ1) is 14.9. The normalized spacial score (nSPS) is 13.5. The predicted molar refractivity (Wildman–Crippen MR) is 112 cm³/mol. The van der Waals surface area contributed by atoms with Crippen molar-refractivity contribution in [2.45, 2.75) is 20.0 Å². The zero-order valence-electron chi connectivity index (χ0n) is 16.9. The monoisotopic (exact) mass is 426 g/mol. The Bertz CT molecular complexity index is 1120. The Balaban J connectivity index is 1.41. The number of amides is 1. The smallest absolute Gasteiger partial charge is 0.232 e. The van der Waals surface area contributed by atoms with Gasteiger partial charge in [-0.25, -0.2) is 18.7 Å².